The molecular weight excluding hydrogens is 365 g/mol. The molecule has 124 valence electrons. The van der Waals surface area contributed by atoms with Gasteiger partial charge >= 0.3 is 0 Å². The Morgan fingerprint density at radius 3 is 1.14 bits per heavy atom. The Labute approximate surface area is 151 Å². The van der Waals surface area contributed by atoms with Gasteiger partial charge in [-0.15, -0.1) is 47.0 Å². The van der Waals surface area contributed by atoms with Crippen molar-refractivity contribution >= 4 is 63.2 Å². The van der Waals surface area contributed by atoms with Crippen molar-refractivity contribution in [3.8, 4) is 0 Å². The summed E-state index contributed by atoms with van der Waals surface area (Å²) in [6.45, 7) is 15.7. The molecule has 0 aromatic heterocycles. The third kappa shape index (κ3) is 4.09. The maximum atomic E-state index is 2.62. The van der Waals surface area contributed by atoms with E-state index in [0.717, 1.165) is 0 Å². The van der Waals surface area contributed by atoms with E-state index in [0.29, 0.717) is 7.40 Å². The smallest absolute Gasteiger partial charge is 0.0752 e. The normalized spacial score (nSPS) is 26.6. The van der Waals surface area contributed by atoms with Crippen LogP contribution >= 0.6 is 47.0 Å². The lowest BCUT2D eigenvalue weighted by atomic mass is 10.5. The molecule has 0 saturated carbocycles. The molecule has 6 heteroatoms. The van der Waals surface area contributed by atoms with Gasteiger partial charge < -0.3 is 0 Å². The molecule has 21 heavy (non-hydrogen) atoms. The number of thioether (sulfide) groups is 4. The fourth-order valence-electron chi connectivity index (χ4n) is 3.06. The van der Waals surface area contributed by atoms with Crippen LogP contribution in [0.3, 0.4) is 0 Å². The van der Waals surface area contributed by atoms with Gasteiger partial charge in [-0.25, -0.2) is 0 Å². The zero-order valence-corrected chi connectivity index (χ0v) is 19.8. The van der Waals surface area contributed by atoms with Crippen molar-refractivity contribution in [3.05, 3.63) is 0 Å². The Morgan fingerprint density at radius 1 is 0.619 bits per heavy atom. The van der Waals surface area contributed by atoms with E-state index in [1.54, 1.807) is 0 Å². The van der Waals surface area contributed by atoms with E-state index in [4.69, 9.17) is 0 Å². The molecule has 0 spiro atoms. The fraction of sp³-hybridized carbons (Fsp3) is 1.00. The highest BCUT2D eigenvalue weighted by molar-refractivity contribution is 8.23. The molecule has 0 aromatic rings. The van der Waals surface area contributed by atoms with Gasteiger partial charge in [0.25, 0.3) is 0 Å². The maximum absolute atomic E-state index is 2.62. The van der Waals surface area contributed by atoms with E-state index in [1.165, 1.54) is 42.3 Å². The molecule has 0 bridgehead atoms. The second kappa shape index (κ2) is 6.99. The van der Waals surface area contributed by atoms with Gasteiger partial charge in [-0.2, -0.15) is 0 Å². The first-order chi connectivity index (χ1) is 9.62. The van der Waals surface area contributed by atoms with Crippen molar-refractivity contribution in [2.24, 2.45) is 0 Å². The van der Waals surface area contributed by atoms with Crippen LogP contribution in [0.2, 0.25) is 39.3 Å². The average Bonchev–Trinajstić information content (AvgIpc) is 2.38. The molecule has 2 aliphatic heterocycles. The lowest BCUT2D eigenvalue weighted by Gasteiger charge is -2.54. The van der Waals surface area contributed by atoms with Gasteiger partial charge in [0.1, 0.15) is 0 Å². The first-order valence-corrected chi connectivity index (χ1v) is 19.1. The van der Waals surface area contributed by atoms with E-state index in [9.17, 15) is 0 Å². The average molecular weight is 397 g/mol. The fourth-order valence-corrected chi connectivity index (χ4v) is 19.6. The molecule has 2 heterocycles. The summed E-state index contributed by atoms with van der Waals surface area (Å²) in [4.78, 5) is 0. The quantitative estimate of drug-likeness (QED) is 0.514. The summed E-state index contributed by atoms with van der Waals surface area (Å²) in [5, 5.41) is 0. The number of hydrogen-bond donors (Lipinski definition) is 0. The van der Waals surface area contributed by atoms with Crippen LogP contribution in [-0.4, -0.2) is 46.6 Å². The molecule has 2 aliphatic rings. The number of hydrogen-bond acceptors (Lipinski definition) is 4. The predicted octanol–water partition coefficient (Wildman–Crippen LogP) is 6.26. The Kier molecular flexibility index (Phi) is 6.37. The van der Waals surface area contributed by atoms with Gasteiger partial charge in [0.05, 0.1) is 23.6 Å². The molecule has 0 unspecified atom stereocenters. The zero-order valence-electron chi connectivity index (χ0n) is 14.6. The van der Waals surface area contributed by atoms with Crippen LogP contribution in [0, 0.1) is 0 Å². The summed E-state index contributed by atoms with van der Waals surface area (Å²) in [7, 11) is -2.39. The van der Waals surface area contributed by atoms with Crippen molar-refractivity contribution < 1.29 is 0 Å². The standard InChI is InChI=1S/C15H32S4Si2/c1-20(2,3)14(16-9-7-10-17-14)13-15(21(4,5)6)18-11-8-12-19-15/h7-13H2,1-6H3. The van der Waals surface area contributed by atoms with Gasteiger partial charge in [0, 0.05) is 0 Å². The summed E-state index contributed by atoms with van der Waals surface area (Å²) in [6, 6.07) is 0. The molecule has 0 amide bonds. The van der Waals surface area contributed by atoms with Crippen LogP contribution < -0.4 is 0 Å². The van der Waals surface area contributed by atoms with Gasteiger partial charge in [0.2, 0.25) is 0 Å². The molecule has 0 nitrogen and oxygen atoms in total. The Bertz CT molecular complexity index is 314. The van der Waals surface area contributed by atoms with Crippen molar-refractivity contribution in [1.82, 2.24) is 0 Å². The highest BCUT2D eigenvalue weighted by atomic mass is 32.2. The highest BCUT2D eigenvalue weighted by Crippen LogP contribution is 2.60. The molecule has 0 atom stereocenters. The summed E-state index contributed by atoms with van der Waals surface area (Å²) in [5.41, 5.74) is 0. The van der Waals surface area contributed by atoms with Crippen molar-refractivity contribution in [2.45, 2.75) is 65.9 Å². The minimum absolute atomic E-state index is 0.558. The molecule has 0 radical (unpaired) electrons. The Balaban J connectivity index is 2.32. The minimum atomic E-state index is -1.19. The topological polar surface area (TPSA) is 0 Å². The predicted molar refractivity (Wildman–Crippen MR) is 116 cm³/mol. The van der Waals surface area contributed by atoms with E-state index in [-0.39, 0.29) is 0 Å². The summed E-state index contributed by atoms with van der Waals surface area (Å²) >= 11 is 9.38. The zero-order chi connectivity index (χ0) is 15.8. The molecule has 2 saturated heterocycles. The van der Waals surface area contributed by atoms with Crippen LogP contribution in [0.5, 0.6) is 0 Å². The maximum Gasteiger partial charge on any atom is 0.0752 e. The second-order valence-corrected chi connectivity index (χ2v) is 26.5. The summed E-state index contributed by atoms with van der Waals surface area (Å²) in [6.07, 6.45) is 4.31. The third-order valence-electron chi connectivity index (χ3n) is 4.67. The summed E-state index contributed by atoms with van der Waals surface area (Å²) in [5.74, 6) is 5.59. The van der Waals surface area contributed by atoms with E-state index in [1.807, 2.05) is 0 Å². The van der Waals surface area contributed by atoms with E-state index in [2.05, 4.69) is 86.3 Å². The van der Waals surface area contributed by atoms with Crippen LogP contribution in [0.15, 0.2) is 0 Å². The number of rotatable bonds is 4. The van der Waals surface area contributed by atoms with Gasteiger partial charge in [-0.3, -0.25) is 0 Å². The van der Waals surface area contributed by atoms with Crippen molar-refractivity contribution in [3.63, 3.8) is 0 Å². The lowest BCUT2D eigenvalue weighted by molar-refractivity contribution is 0.846. The SMILES string of the molecule is C[Si](C)(C)C1(CC2([Si](C)(C)C)SCCCS2)SCCCS1. The van der Waals surface area contributed by atoms with Gasteiger partial charge in [-0.1, -0.05) is 39.3 Å². The van der Waals surface area contributed by atoms with Crippen LogP contribution in [0.25, 0.3) is 0 Å². The second-order valence-electron chi connectivity index (χ2n) is 8.28. The Hall–Kier alpha value is 1.83. The molecule has 0 N–H and O–H groups in total. The molecule has 2 fully saturated rings. The van der Waals surface area contributed by atoms with E-state index < -0.39 is 16.1 Å². The minimum Gasteiger partial charge on any atom is -0.148 e. The van der Waals surface area contributed by atoms with E-state index >= 15 is 0 Å². The van der Waals surface area contributed by atoms with Crippen molar-refractivity contribution in [2.75, 3.05) is 23.0 Å². The molecule has 0 aromatic carbocycles. The Morgan fingerprint density at radius 2 is 0.905 bits per heavy atom. The first-order valence-electron chi connectivity index (χ1n) is 8.18. The van der Waals surface area contributed by atoms with Crippen LogP contribution in [0.1, 0.15) is 19.3 Å². The van der Waals surface area contributed by atoms with Crippen LogP contribution in [0.4, 0.5) is 0 Å². The molecular formula is C15H32S4Si2. The van der Waals surface area contributed by atoms with Crippen LogP contribution in [-0.2, 0) is 0 Å². The van der Waals surface area contributed by atoms with Gasteiger partial charge in [0.15, 0.2) is 0 Å². The summed E-state index contributed by atoms with van der Waals surface area (Å²) < 4.78 is 1.12. The van der Waals surface area contributed by atoms with Gasteiger partial charge in [-0.05, 0) is 42.3 Å². The first kappa shape index (κ1) is 19.2. The largest absolute Gasteiger partial charge is 0.148 e. The third-order valence-corrected chi connectivity index (χ3v) is 24.5. The molecule has 0 aliphatic carbocycles. The van der Waals surface area contributed by atoms with Crippen molar-refractivity contribution in [1.29, 1.82) is 0 Å². The monoisotopic (exact) mass is 396 g/mol. The highest BCUT2D eigenvalue weighted by Gasteiger charge is 2.55. The lowest BCUT2D eigenvalue weighted by Crippen LogP contribution is -2.58. The molecule has 2 rings (SSSR count).